The minimum Gasteiger partial charge on any atom is -0.449 e. The fraction of sp³-hybridized carbons (Fsp3) is 0.350. The minimum absolute atomic E-state index is 0.00512. The Morgan fingerprint density at radius 3 is 2.50 bits per heavy atom. The molecular weight excluding hydrogens is 478 g/mol. The maximum Gasteiger partial charge on any atom is 0.340 e. The number of nitrogens with two attached hydrogens (primary N) is 1. The first-order valence-electron chi connectivity index (χ1n) is 9.80. The van der Waals surface area contributed by atoms with E-state index in [0.29, 0.717) is 13.1 Å². The maximum absolute atomic E-state index is 12.9. The van der Waals surface area contributed by atoms with Crippen molar-refractivity contribution in [3.8, 4) is 0 Å². The number of halogens is 1. The number of nitrogens with zero attached hydrogens (tertiary/aromatic N) is 1. The number of thiophene rings is 1. The van der Waals surface area contributed by atoms with Crippen LogP contribution in [-0.2, 0) is 19.6 Å². The molecule has 2 aromatic rings. The number of rotatable bonds is 7. The van der Waals surface area contributed by atoms with E-state index in [1.807, 2.05) is 0 Å². The first kappa shape index (κ1) is 24.2. The minimum atomic E-state index is -3.78. The van der Waals surface area contributed by atoms with Crippen molar-refractivity contribution < 1.29 is 27.5 Å². The van der Waals surface area contributed by atoms with Crippen molar-refractivity contribution in [2.75, 3.05) is 18.4 Å². The van der Waals surface area contributed by atoms with Crippen LogP contribution in [0.5, 0.6) is 0 Å². The molecule has 0 saturated carbocycles. The predicted octanol–water partition coefficient (Wildman–Crippen LogP) is 2.86. The van der Waals surface area contributed by atoms with E-state index in [1.165, 1.54) is 29.4 Å². The highest BCUT2D eigenvalue weighted by molar-refractivity contribution is 7.89. The summed E-state index contributed by atoms with van der Waals surface area (Å²) in [6.07, 6.45) is 1.27. The second-order valence-corrected chi connectivity index (χ2v) is 10.4. The lowest BCUT2D eigenvalue weighted by molar-refractivity contribution is -0.123. The van der Waals surface area contributed by atoms with E-state index in [1.54, 1.807) is 5.38 Å². The van der Waals surface area contributed by atoms with E-state index >= 15 is 0 Å². The fourth-order valence-electron chi connectivity index (χ4n) is 3.17. The summed E-state index contributed by atoms with van der Waals surface area (Å²) in [7, 11) is -3.78. The Morgan fingerprint density at radius 1 is 1.16 bits per heavy atom. The lowest BCUT2D eigenvalue weighted by atomic mass is 10.2. The number of anilines is 1. The van der Waals surface area contributed by atoms with Crippen LogP contribution in [0.25, 0.3) is 0 Å². The highest BCUT2D eigenvalue weighted by atomic mass is 35.5. The SMILES string of the molecule is CC(OC(=O)c1cc(S(=O)(=O)N2CCCCC2)ccc1Cl)C(=O)Nc1sccc1C(N)=O. The molecule has 1 aliphatic rings. The molecule has 0 aliphatic carbocycles. The summed E-state index contributed by atoms with van der Waals surface area (Å²) in [5.74, 6) is -2.34. The molecule has 12 heteroatoms. The van der Waals surface area contributed by atoms with Gasteiger partial charge in [0.05, 0.1) is 21.0 Å². The number of hydrogen-bond donors (Lipinski definition) is 2. The van der Waals surface area contributed by atoms with Crippen LogP contribution in [0, 0.1) is 0 Å². The van der Waals surface area contributed by atoms with Crippen LogP contribution in [0.3, 0.4) is 0 Å². The molecule has 1 unspecified atom stereocenters. The van der Waals surface area contributed by atoms with Gasteiger partial charge in [0, 0.05) is 13.1 Å². The van der Waals surface area contributed by atoms with Crippen LogP contribution >= 0.6 is 22.9 Å². The molecule has 1 aromatic heterocycles. The molecular formula is C20H22ClN3O6S2. The number of carbonyl (C=O) groups excluding carboxylic acids is 3. The molecule has 172 valence electrons. The van der Waals surface area contributed by atoms with Crippen LogP contribution in [0.4, 0.5) is 5.00 Å². The average molecular weight is 500 g/mol. The van der Waals surface area contributed by atoms with Gasteiger partial charge < -0.3 is 15.8 Å². The third kappa shape index (κ3) is 5.29. The second kappa shape index (κ2) is 9.99. The van der Waals surface area contributed by atoms with E-state index in [-0.39, 0.29) is 26.0 Å². The summed E-state index contributed by atoms with van der Waals surface area (Å²) < 4.78 is 32.4. The quantitative estimate of drug-likeness (QED) is 0.562. The van der Waals surface area contributed by atoms with Crippen molar-refractivity contribution in [1.29, 1.82) is 0 Å². The number of carbonyl (C=O) groups is 3. The van der Waals surface area contributed by atoms with Crippen LogP contribution in [0.2, 0.25) is 5.02 Å². The third-order valence-electron chi connectivity index (χ3n) is 4.93. The second-order valence-electron chi connectivity index (χ2n) is 7.17. The lowest BCUT2D eigenvalue weighted by Crippen LogP contribution is -2.35. The van der Waals surface area contributed by atoms with Gasteiger partial charge in [-0.05, 0) is 49.4 Å². The summed E-state index contributed by atoms with van der Waals surface area (Å²) in [6, 6.07) is 5.27. The molecule has 2 heterocycles. The van der Waals surface area contributed by atoms with Gasteiger partial charge in [0.2, 0.25) is 10.0 Å². The van der Waals surface area contributed by atoms with Crippen molar-refractivity contribution in [1.82, 2.24) is 4.31 Å². The van der Waals surface area contributed by atoms with E-state index in [4.69, 9.17) is 22.1 Å². The number of sulfonamides is 1. The van der Waals surface area contributed by atoms with E-state index in [0.717, 1.165) is 36.7 Å². The highest BCUT2D eigenvalue weighted by Crippen LogP contribution is 2.26. The van der Waals surface area contributed by atoms with Gasteiger partial charge in [-0.25, -0.2) is 13.2 Å². The maximum atomic E-state index is 12.9. The Kier molecular flexibility index (Phi) is 7.55. The van der Waals surface area contributed by atoms with Crippen molar-refractivity contribution >= 4 is 55.7 Å². The van der Waals surface area contributed by atoms with Crippen molar-refractivity contribution in [3.63, 3.8) is 0 Å². The number of ether oxygens (including phenoxy) is 1. The molecule has 32 heavy (non-hydrogen) atoms. The van der Waals surface area contributed by atoms with Gasteiger partial charge in [-0.2, -0.15) is 4.31 Å². The van der Waals surface area contributed by atoms with Gasteiger partial charge in [-0.15, -0.1) is 11.3 Å². The van der Waals surface area contributed by atoms with Gasteiger partial charge in [-0.3, -0.25) is 9.59 Å². The largest absolute Gasteiger partial charge is 0.449 e. The van der Waals surface area contributed by atoms with E-state index in [9.17, 15) is 22.8 Å². The number of hydrogen-bond acceptors (Lipinski definition) is 7. The third-order valence-corrected chi connectivity index (χ3v) is 7.99. The Hall–Kier alpha value is -2.47. The summed E-state index contributed by atoms with van der Waals surface area (Å²) in [4.78, 5) is 36.4. The molecule has 1 atom stereocenters. The zero-order chi connectivity index (χ0) is 23.5. The first-order chi connectivity index (χ1) is 15.1. The zero-order valence-corrected chi connectivity index (χ0v) is 19.6. The molecule has 9 nitrogen and oxygen atoms in total. The van der Waals surface area contributed by atoms with Crippen LogP contribution < -0.4 is 11.1 Å². The Labute approximate surface area is 194 Å². The van der Waals surface area contributed by atoms with Crippen molar-refractivity contribution in [3.05, 3.63) is 45.8 Å². The smallest absolute Gasteiger partial charge is 0.340 e. The first-order valence-corrected chi connectivity index (χ1v) is 12.5. The molecule has 0 bridgehead atoms. The number of amides is 2. The number of benzene rings is 1. The fourth-order valence-corrected chi connectivity index (χ4v) is 5.70. The summed E-state index contributed by atoms with van der Waals surface area (Å²) >= 11 is 7.19. The number of nitrogens with one attached hydrogen (secondary N) is 1. The van der Waals surface area contributed by atoms with E-state index in [2.05, 4.69) is 5.32 Å². The summed E-state index contributed by atoms with van der Waals surface area (Å²) in [5.41, 5.74) is 5.22. The monoisotopic (exact) mass is 499 g/mol. The molecule has 3 N–H and O–H groups in total. The molecule has 1 saturated heterocycles. The summed E-state index contributed by atoms with van der Waals surface area (Å²) in [5, 5.41) is 4.30. The predicted molar refractivity (Wildman–Crippen MR) is 120 cm³/mol. The van der Waals surface area contributed by atoms with Gasteiger partial charge in [0.25, 0.3) is 11.8 Å². The number of primary amides is 1. The number of esters is 1. The Balaban J connectivity index is 1.74. The highest BCUT2D eigenvalue weighted by Gasteiger charge is 2.28. The van der Waals surface area contributed by atoms with Gasteiger partial charge >= 0.3 is 5.97 Å². The van der Waals surface area contributed by atoms with Gasteiger partial charge in [-0.1, -0.05) is 18.0 Å². The molecule has 1 aromatic carbocycles. The Bertz CT molecular complexity index is 1140. The normalized spacial score (nSPS) is 15.7. The Morgan fingerprint density at radius 2 is 1.84 bits per heavy atom. The molecule has 3 rings (SSSR count). The standard InChI is InChI=1S/C20H22ClN3O6S2/c1-12(18(26)23-19-14(17(22)25)7-10-31-19)30-20(27)15-11-13(5-6-16(15)21)32(28,29)24-8-3-2-4-9-24/h5-7,10-12H,2-4,8-9H2,1H3,(H2,22,25)(H,23,26). The van der Waals surface area contributed by atoms with Crippen molar-refractivity contribution in [2.45, 2.75) is 37.2 Å². The molecule has 0 radical (unpaired) electrons. The van der Waals surface area contributed by atoms with Crippen LogP contribution in [-0.4, -0.2) is 49.7 Å². The molecule has 2 amide bonds. The molecule has 1 aliphatic heterocycles. The number of piperidine rings is 1. The lowest BCUT2D eigenvalue weighted by Gasteiger charge is -2.26. The van der Waals surface area contributed by atoms with Crippen LogP contribution in [0.1, 0.15) is 46.9 Å². The van der Waals surface area contributed by atoms with Gasteiger partial charge in [0.15, 0.2) is 6.10 Å². The molecule has 0 spiro atoms. The molecule has 1 fully saturated rings. The summed E-state index contributed by atoms with van der Waals surface area (Å²) in [6.45, 7) is 2.17. The van der Waals surface area contributed by atoms with E-state index < -0.39 is 33.9 Å². The topological polar surface area (TPSA) is 136 Å². The average Bonchev–Trinajstić information content (AvgIpc) is 3.22. The zero-order valence-electron chi connectivity index (χ0n) is 17.2. The van der Waals surface area contributed by atoms with Crippen LogP contribution in [0.15, 0.2) is 34.5 Å². The van der Waals surface area contributed by atoms with Gasteiger partial charge in [0.1, 0.15) is 5.00 Å². The van der Waals surface area contributed by atoms with Crippen molar-refractivity contribution in [2.24, 2.45) is 5.73 Å².